The van der Waals surface area contributed by atoms with Crippen LogP contribution in [0.1, 0.15) is 12.8 Å². The van der Waals surface area contributed by atoms with Gasteiger partial charge in [-0.15, -0.1) is 0 Å². The molecule has 0 spiro atoms. The molecule has 0 saturated carbocycles. The second-order valence-corrected chi connectivity index (χ2v) is 3.17. The standard InChI is InChI=1S/C8H14ClNO/c9-4-2-6-10-5-1-3-8(11)7-10/h2,4,8,11H,1,3,5-7H2. The zero-order valence-electron chi connectivity index (χ0n) is 6.54. The minimum absolute atomic E-state index is 0.132. The van der Waals surface area contributed by atoms with Gasteiger partial charge in [-0.3, -0.25) is 4.90 Å². The maximum atomic E-state index is 9.28. The van der Waals surface area contributed by atoms with E-state index in [0.29, 0.717) is 0 Å². The first-order valence-electron chi connectivity index (χ1n) is 3.98. The lowest BCUT2D eigenvalue weighted by Gasteiger charge is -2.28. The Bertz CT molecular complexity index is 138. The van der Waals surface area contributed by atoms with E-state index in [9.17, 15) is 5.11 Å². The van der Waals surface area contributed by atoms with Gasteiger partial charge in [0.1, 0.15) is 0 Å². The molecule has 1 atom stereocenters. The average molecular weight is 176 g/mol. The number of halogens is 1. The van der Waals surface area contributed by atoms with Crippen LogP contribution < -0.4 is 0 Å². The van der Waals surface area contributed by atoms with Crippen molar-refractivity contribution < 1.29 is 5.11 Å². The first kappa shape index (κ1) is 9.04. The number of hydrogen-bond donors (Lipinski definition) is 1. The summed E-state index contributed by atoms with van der Waals surface area (Å²) in [5, 5.41) is 9.28. The molecular formula is C8H14ClNO. The van der Waals surface area contributed by atoms with Gasteiger partial charge in [-0.25, -0.2) is 0 Å². The van der Waals surface area contributed by atoms with Crippen molar-refractivity contribution in [2.45, 2.75) is 18.9 Å². The Morgan fingerprint density at radius 3 is 3.09 bits per heavy atom. The number of likely N-dealkylation sites (tertiary alicyclic amines) is 1. The van der Waals surface area contributed by atoms with Gasteiger partial charge in [-0.05, 0) is 19.4 Å². The number of β-amino-alcohol motifs (C(OH)–C–C–N with tert-alkyl or cyclic N) is 1. The molecule has 1 rings (SSSR count). The fourth-order valence-corrected chi connectivity index (χ4v) is 1.47. The lowest BCUT2D eigenvalue weighted by molar-refractivity contribution is 0.0771. The smallest absolute Gasteiger partial charge is 0.0667 e. The topological polar surface area (TPSA) is 23.5 Å². The van der Waals surface area contributed by atoms with Crippen molar-refractivity contribution in [3.8, 4) is 0 Å². The van der Waals surface area contributed by atoms with Crippen LogP contribution in [0.4, 0.5) is 0 Å². The lowest BCUT2D eigenvalue weighted by Crippen LogP contribution is -2.38. The number of aliphatic hydroxyl groups is 1. The van der Waals surface area contributed by atoms with Crippen LogP contribution in [0, 0.1) is 0 Å². The van der Waals surface area contributed by atoms with Crippen LogP contribution in [0.3, 0.4) is 0 Å². The molecule has 0 aliphatic carbocycles. The summed E-state index contributed by atoms with van der Waals surface area (Å²) in [6, 6.07) is 0. The van der Waals surface area contributed by atoms with Gasteiger partial charge in [-0.2, -0.15) is 0 Å². The van der Waals surface area contributed by atoms with Gasteiger partial charge in [-0.1, -0.05) is 17.7 Å². The molecule has 1 fully saturated rings. The first-order valence-corrected chi connectivity index (χ1v) is 4.42. The third-order valence-electron chi connectivity index (χ3n) is 1.93. The minimum atomic E-state index is -0.132. The predicted molar refractivity (Wildman–Crippen MR) is 46.7 cm³/mol. The van der Waals surface area contributed by atoms with Crippen molar-refractivity contribution >= 4 is 11.6 Å². The monoisotopic (exact) mass is 175 g/mol. The zero-order chi connectivity index (χ0) is 8.10. The van der Waals surface area contributed by atoms with E-state index in [2.05, 4.69) is 4.90 Å². The molecule has 1 N–H and O–H groups in total. The fourth-order valence-electron chi connectivity index (χ4n) is 1.39. The van der Waals surface area contributed by atoms with E-state index in [1.165, 1.54) is 5.54 Å². The molecule has 2 nitrogen and oxygen atoms in total. The SMILES string of the molecule is OC1CCCN(CC=CCl)C1. The normalized spacial score (nSPS) is 28.0. The Balaban J connectivity index is 2.22. The van der Waals surface area contributed by atoms with Crippen molar-refractivity contribution in [3.05, 3.63) is 11.6 Å². The van der Waals surface area contributed by atoms with Crippen molar-refractivity contribution in [2.24, 2.45) is 0 Å². The zero-order valence-corrected chi connectivity index (χ0v) is 7.30. The van der Waals surface area contributed by atoms with E-state index in [-0.39, 0.29) is 6.10 Å². The van der Waals surface area contributed by atoms with Gasteiger partial charge in [0.05, 0.1) is 6.10 Å². The van der Waals surface area contributed by atoms with Gasteiger partial charge < -0.3 is 5.11 Å². The highest BCUT2D eigenvalue weighted by Crippen LogP contribution is 2.08. The summed E-state index contributed by atoms with van der Waals surface area (Å²) in [5.74, 6) is 0. The molecule has 1 heterocycles. The fraction of sp³-hybridized carbons (Fsp3) is 0.750. The molecule has 0 amide bonds. The highest BCUT2D eigenvalue weighted by atomic mass is 35.5. The van der Waals surface area contributed by atoms with E-state index in [1.807, 2.05) is 6.08 Å². The highest BCUT2D eigenvalue weighted by molar-refractivity contribution is 6.25. The van der Waals surface area contributed by atoms with Crippen LogP contribution in [0.5, 0.6) is 0 Å². The maximum absolute atomic E-state index is 9.28. The van der Waals surface area contributed by atoms with Gasteiger partial charge >= 0.3 is 0 Å². The molecular weight excluding hydrogens is 162 g/mol. The van der Waals surface area contributed by atoms with Crippen molar-refractivity contribution in [3.63, 3.8) is 0 Å². The number of nitrogens with zero attached hydrogens (tertiary/aromatic N) is 1. The summed E-state index contributed by atoms with van der Waals surface area (Å²) in [6.45, 7) is 2.74. The quantitative estimate of drug-likeness (QED) is 0.682. The molecule has 0 aromatic rings. The van der Waals surface area contributed by atoms with Crippen molar-refractivity contribution in [1.82, 2.24) is 4.90 Å². The van der Waals surface area contributed by atoms with Crippen LogP contribution in [0.15, 0.2) is 11.6 Å². The summed E-state index contributed by atoms with van der Waals surface area (Å²) in [6.07, 6.45) is 3.81. The second-order valence-electron chi connectivity index (χ2n) is 2.92. The van der Waals surface area contributed by atoms with Gasteiger partial charge in [0.25, 0.3) is 0 Å². The molecule has 1 saturated heterocycles. The number of piperidine rings is 1. The lowest BCUT2D eigenvalue weighted by atomic mass is 10.1. The maximum Gasteiger partial charge on any atom is 0.0667 e. The summed E-state index contributed by atoms with van der Waals surface area (Å²) in [7, 11) is 0. The van der Waals surface area contributed by atoms with Crippen LogP contribution in [-0.2, 0) is 0 Å². The van der Waals surface area contributed by atoms with E-state index in [4.69, 9.17) is 11.6 Å². The van der Waals surface area contributed by atoms with Crippen LogP contribution in [-0.4, -0.2) is 35.7 Å². The number of hydrogen-bond acceptors (Lipinski definition) is 2. The average Bonchev–Trinajstić information content (AvgIpc) is 2.01. The van der Waals surface area contributed by atoms with Crippen LogP contribution in [0.25, 0.3) is 0 Å². The summed E-state index contributed by atoms with van der Waals surface area (Å²) in [5.41, 5.74) is 1.53. The molecule has 64 valence electrons. The van der Waals surface area contributed by atoms with Crippen molar-refractivity contribution in [1.29, 1.82) is 0 Å². The molecule has 0 radical (unpaired) electrons. The van der Waals surface area contributed by atoms with Crippen LogP contribution >= 0.6 is 11.6 Å². The Morgan fingerprint density at radius 2 is 2.45 bits per heavy atom. The van der Waals surface area contributed by atoms with Crippen molar-refractivity contribution in [2.75, 3.05) is 19.6 Å². The first-order chi connectivity index (χ1) is 5.33. The van der Waals surface area contributed by atoms with E-state index >= 15 is 0 Å². The van der Waals surface area contributed by atoms with Gasteiger partial charge in [0, 0.05) is 18.6 Å². The van der Waals surface area contributed by atoms with Gasteiger partial charge in [0.15, 0.2) is 0 Å². The Kier molecular flexibility index (Phi) is 3.91. The minimum Gasteiger partial charge on any atom is -0.392 e. The van der Waals surface area contributed by atoms with E-state index < -0.39 is 0 Å². The molecule has 1 aliphatic rings. The second kappa shape index (κ2) is 4.75. The molecule has 1 unspecified atom stereocenters. The molecule has 11 heavy (non-hydrogen) atoms. The van der Waals surface area contributed by atoms with Crippen LogP contribution in [0.2, 0.25) is 0 Å². The summed E-state index contributed by atoms with van der Waals surface area (Å²) >= 11 is 5.39. The third-order valence-corrected chi connectivity index (χ3v) is 2.11. The number of rotatable bonds is 2. The summed E-state index contributed by atoms with van der Waals surface area (Å²) in [4.78, 5) is 2.20. The Hall–Kier alpha value is -0.0500. The summed E-state index contributed by atoms with van der Waals surface area (Å²) < 4.78 is 0. The number of aliphatic hydroxyl groups excluding tert-OH is 1. The molecule has 0 aromatic carbocycles. The third kappa shape index (κ3) is 3.23. The predicted octanol–water partition coefficient (Wildman–Crippen LogP) is 1.20. The molecule has 1 aliphatic heterocycles. The molecule has 0 aromatic heterocycles. The molecule has 0 bridgehead atoms. The van der Waals surface area contributed by atoms with E-state index in [0.717, 1.165) is 32.5 Å². The van der Waals surface area contributed by atoms with Gasteiger partial charge in [0.2, 0.25) is 0 Å². The largest absolute Gasteiger partial charge is 0.392 e. The Labute approximate surface area is 72.5 Å². The van der Waals surface area contributed by atoms with E-state index in [1.54, 1.807) is 0 Å². The molecule has 3 heteroatoms. The highest BCUT2D eigenvalue weighted by Gasteiger charge is 2.15. The Morgan fingerprint density at radius 1 is 1.64 bits per heavy atom.